The van der Waals surface area contributed by atoms with Crippen molar-refractivity contribution in [2.75, 3.05) is 0 Å². The standard InChI is InChI=1S/C10H12FN3O3/c1-6(4-10(12)13)17-7-2-3-9(14(15)16)8(11)5-7/h2-3,5-6H,4H2,1H3,(H3,12,13). The van der Waals surface area contributed by atoms with Gasteiger partial charge in [0.25, 0.3) is 0 Å². The van der Waals surface area contributed by atoms with Crippen LogP contribution in [0.5, 0.6) is 5.75 Å². The molecule has 17 heavy (non-hydrogen) atoms. The molecular weight excluding hydrogens is 229 g/mol. The molecule has 6 nitrogen and oxygen atoms in total. The predicted molar refractivity (Wildman–Crippen MR) is 59.7 cm³/mol. The Bertz CT molecular complexity index is 450. The summed E-state index contributed by atoms with van der Waals surface area (Å²) >= 11 is 0. The molecule has 1 unspecified atom stereocenters. The zero-order chi connectivity index (χ0) is 13.0. The molecule has 3 N–H and O–H groups in total. The molecule has 0 aliphatic heterocycles. The molecule has 1 rings (SSSR count). The molecular formula is C10H12FN3O3. The Hall–Kier alpha value is -2.18. The van der Waals surface area contributed by atoms with Crippen LogP contribution in [0.2, 0.25) is 0 Å². The van der Waals surface area contributed by atoms with Crippen LogP contribution in [0.1, 0.15) is 13.3 Å². The van der Waals surface area contributed by atoms with E-state index in [1.165, 1.54) is 6.07 Å². The number of nitrogens with zero attached hydrogens (tertiary/aromatic N) is 1. The highest BCUT2D eigenvalue weighted by atomic mass is 19.1. The maximum absolute atomic E-state index is 13.2. The van der Waals surface area contributed by atoms with Crippen molar-refractivity contribution in [2.24, 2.45) is 5.73 Å². The normalized spacial score (nSPS) is 11.9. The van der Waals surface area contributed by atoms with E-state index in [2.05, 4.69) is 0 Å². The summed E-state index contributed by atoms with van der Waals surface area (Å²) in [6.45, 7) is 1.67. The maximum atomic E-state index is 13.2. The molecule has 7 heteroatoms. The monoisotopic (exact) mass is 241 g/mol. The van der Waals surface area contributed by atoms with Crippen LogP contribution >= 0.6 is 0 Å². The first-order valence-electron chi connectivity index (χ1n) is 4.83. The van der Waals surface area contributed by atoms with Gasteiger partial charge in [-0.25, -0.2) is 0 Å². The molecule has 0 amide bonds. The first-order chi connectivity index (χ1) is 7.90. The average molecular weight is 241 g/mol. The minimum absolute atomic E-state index is 0.0418. The number of amidine groups is 1. The van der Waals surface area contributed by atoms with Crippen molar-refractivity contribution < 1.29 is 14.1 Å². The van der Waals surface area contributed by atoms with Gasteiger partial charge < -0.3 is 10.5 Å². The van der Waals surface area contributed by atoms with Gasteiger partial charge in [0.1, 0.15) is 11.9 Å². The second-order valence-electron chi connectivity index (χ2n) is 3.53. The Balaban J connectivity index is 2.77. The van der Waals surface area contributed by atoms with E-state index in [1.807, 2.05) is 0 Å². The third-order valence-corrected chi connectivity index (χ3v) is 1.96. The molecule has 0 bridgehead atoms. The summed E-state index contributed by atoms with van der Waals surface area (Å²) in [5.41, 5.74) is 4.58. The first kappa shape index (κ1) is 12.9. The van der Waals surface area contributed by atoms with E-state index < -0.39 is 22.5 Å². The van der Waals surface area contributed by atoms with Crippen LogP contribution in [0.25, 0.3) is 0 Å². The highest BCUT2D eigenvalue weighted by Gasteiger charge is 2.15. The van der Waals surface area contributed by atoms with Crippen LogP contribution in [0.15, 0.2) is 18.2 Å². The second kappa shape index (κ2) is 5.24. The molecule has 1 aromatic rings. The highest BCUT2D eigenvalue weighted by molar-refractivity contribution is 5.77. The summed E-state index contributed by atoms with van der Waals surface area (Å²) in [6.07, 6.45) is -0.188. The van der Waals surface area contributed by atoms with Crippen molar-refractivity contribution in [1.29, 1.82) is 5.41 Å². The van der Waals surface area contributed by atoms with Gasteiger partial charge in [-0.3, -0.25) is 15.5 Å². The van der Waals surface area contributed by atoms with Crippen molar-refractivity contribution in [3.63, 3.8) is 0 Å². The number of nitrogens with one attached hydrogen (secondary N) is 1. The molecule has 0 radical (unpaired) electrons. The number of nitro groups is 1. The van der Waals surface area contributed by atoms with E-state index >= 15 is 0 Å². The van der Waals surface area contributed by atoms with Gasteiger partial charge in [-0.05, 0) is 13.0 Å². The molecule has 0 aliphatic carbocycles. The predicted octanol–water partition coefficient (Wildman–Crippen LogP) is 1.83. The lowest BCUT2D eigenvalue weighted by Gasteiger charge is -2.13. The molecule has 0 saturated carbocycles. The minimum Gasteiger partial charge on any atom is -0.490 e. The molecule has 1 aromatic carbocycles. The average Bonchev–Trinajstić information content (AvgIpc) is 2.15. The second-order valence-corrected chi connectivity index (χ2v) is 3.53. The summed E-state index contributed by atoms with van der Waals surface area (Å²) in [7, 11) is 0. The van der Waals surface area contributed by atoms with Crippen molar-refractivity contribution in [3.05, 3.63) is 34.1 Å². The SMILES string of the molecule is CC(CC(=N)N)Oc1ccc([N+](=O)[O-])c(F)c1. The fourth-order valence-electron chi connectivity index (χ4n) is 1.29. The van der Waals surface area contributed by atoms with Gasteiger partial charge in [0.15, 0.2) is 0 Å². The largest absolute Gasteiger partial charge is 0.490 e. The Labute approximate surface area is 96.8 Å². The maximum Gasteiger partial charge on any atom is 0.305 e. The number of rotatable bonds is 5. The third-order valence-electron chi connectivity index (χ3n) is 1.96. The van der Waals surface area contributed by atoms with E-state index in [0.29, 0.717) is 0 Å². The smallest absolute Gasteiger partial charge is 0.305 e. The number of nitro benzene ring substituents is 1. The lowest BCUT2D eigenvalue weighted by molar-refractivity contribution is -0.387. The lowest BCUT2D eigenvalue weighted by Crippen LogP contribution is -2.21. The number of benzene rings is 1. The fraction of sp³-hybridized carbons (Fsp3) is 0.300. The summed E-state index contributed by atoms with van der Waals surface area (Å²) < 4.78 is 18.5. The molecule has 0 fully saturated rings. The molecule has 92 valence electrons. The van der Waals surface area contributed by atoms with E-state index in [1.54, 1.807) is 6.92 Å². The number of ether oxygens (including phenoxy) is 1. The number of nitrogens with two attached hydrogens (primary N) is 1. The molecule has 0 aliphatic rings. The molecule has 0 aromatic heterocycles. The first-order valence-corrected chi connectivity index (χ1v) is 4.83. The van der Waals surface area contributed by atoms with Crippen LogP contribution in [-0.4, -0.2) is 16.9 Å². The summed E-state index contributed by atoms with van der Waals surface area (Å²) in [5, 5.41) is 17.4. The van der Waals surface area contributed by atoms with Crippen molar-refractivity contribution in [2.45, 2.75) is 19.4 Å². The van der Waals surface area contributed by atoms with Crippen molar-refractivity contribution in [3.8, 4) is 5.75 Å². The van der Waals surface area contributed by atoms with Crippen LogP contribution in [0, 0.1) is 21.3 Å². The van der Waals surface area contributed by atoms with Gasteiger partial charge in [-0.15, -0.1) is 0 Å². The number of hydrogen-bond acceptors (Lipinski definition) is 4. The number of hydrogen-bond donors (Lipinski definition) is 2. The zero-order valence-corrected chi connectivity index (χ0v) is 9.14. The van der Waals surface area contributed by atoms with Gasteiger partial charge in [0.05, 0.1) is 10.8 Å². The van der Waals surface area contributed by atoms with E-state index in [4.69, 9.17) is 15.9 Å². The minimum atomic E-state index is -0.956. The Morgan fingerprint density at radius 2 is 2.35 bits per heavy atom. The van der Waals surface area contributed by atoms with Gasteiger partial charge >= 0.3 is 5.69 Å². The summed E-state index contributed by atoms with van der Waals surface area (Å²) in [5.74, 6) is -0.829. The van der Waals surface area contributed by atoms with E-state index in [-0.39, 0.29) is 18.0 Å². The van der Waals surface area contributed by atoms with Crippen LogP contribution in [0.3, 0.4) is 0 Å². The molecule has 0 heterocycles. The van der Waals surface area contributed by atoms with E-state index in [0.717, 1.165) is 12.1 Å². The van der Waals surface area contributed by atoms with Crippen molar-refractivity contribution >= 4 is 11.5 Å². The van der Waals surface area contributed by atoms with Crippen LogP contribution in [0.4, 0.5) is 10.1 Å². The summed E-state index contributed by atoms with van der Waals surface area (Å²) in [6, 6.07) is 3.28. The molecule has 1 atom stereocenters. The Morgan fingerprint density at radius 3 is 2.82 bits per heavy atom. The van der Waals surface area contributed by atoms with Crippen LogP contribution in [-0.2, 0) is 0 Å². The van der Waals surface area contributed by atoms with Gasteiger partial charge in [0, 0.05) is 18.6 Å². The summed E-state index contributed by atoms with van der Waals surface area (Å²) in [4.78, 5) is 9.57. The van der Waals surface area contributed by atoms with Crippen molar-refractivity contribution in [1.82, 2.24) is 0 Å². The Kier molecular flexibility index (Phi) is 3.97. The lowest BCUT2D eigenvalue weighted by atomic mass is 10.2. The quantitative estimate of drug-likeness (QED) is 0.355. The highest BCUT2D eigenvalue weighted by Crippen LogP contribution is 2.23. The van der Waals surface area contributed by atoms with Gasteiger partial charge in [-0.2, -0.15) is 4.39 Å². The van der Waals surface area contributed by atoms with Gasteiger partial charge in [0.2, 0.25) is 5.82 Å². The van der Waals surface area contributed by atoms with Gasteiger partial charge in [-0.1, -0.05) is 0 Å². The van der Waals surface area contributed by atoms with Crippen LogP contribution < -0.4 is 10.5 Å². The molecule has 0 saturated heterocycles. The zero-order valence-electron chi connectivity index (χ0n) is 9.14. The third kappa shape index (κ3) is 3.71. The topological polar surface area (TPSA) is 102 Å². The fourth-order valence-corrected chi connectivity index (χ4v) is 1.29. The Morgan fingerprint density at radius 1 is 1.71 bits per heavy atom. The van der Waals surface area contributed by atoms with E-state index in [9.17, 15) is 14.5 Å². The molecule has 0 spiro atoms. The number of halogens is 1.